The molecular weight excluding hydrogens is 313 g/mol. The van der Waals surface area contributed by atoms with E-state index in [1.807, 2.05) is 0 Å². The highest BCUT2D eigenvalue weighted by Crippen LogP contribution is 2.10. The lowest BCUT2D eigenvalue weighted by Crippen LogP contribution is -2.53. The van der Waals surface area contributed by atoms with Crippen LogP contribution in [0.25, 0.3) is 0 Å². The molecule has 0 aliphatic rings. The molecule has 1 aromatic rings. The highest BCUT2D eigenvalue weighted by atomic mass is 19.1. The molecule has 4 N–H and O–H groups in total. The van der Waals surface area contributed by atoms with Crippen molar-refractivity contribution < 1.29 is 18.8 Å². The van der Waals surface area contributed by atoms with E-state index in [4.69, 9.17) is 5.73 Å². The summed E-state index contributed by atoms with van der Waals surface area (Å²) in [4.78, 5) is 35.2. The summed E-state index contributed by atoms with van der Waals surface area (Å²) in [7, 11) is 0. The van der Waals surface area contributed by atoms with Crippen LogP contribution in [0.1, 0.15) is 25.8 Å². The average molecular weight is 335 g/mol. The molecule has 0 spiro atoms. The van der Waals surface area contributed by atoms with Gasteiger partial charge in [0, 0.05) is 13.3 Å². The third-order valence-electron chi connectivity index (χ3n) is 3.29. The van der Waals surface area contributed by atoms with Crippen molar-refractivity contribution in [1.82, 2.24) is 10.6 Å². The van der Waals surface area contributed by atoms with Crippen molar-refractivity contribution in [1.29, 1.82) is 0 Å². The Labute approximate surface area is 140 Å². The molecule has 0 bridgehead atoms. The Morgan fingerprint density at radius 1 is 1.17 bits per heavy atom. The topological polar surface area (TPSA) is 101 Å². The number of rotatable bonds is 8. The molecule has 6 nitrogen and oxygen atoms in total. The SMILES string of the molecule is C=C(C)C[C@@H](NC(=O)[C@H](Cc1ccccc1F)NC(C)=O)C(N)=O. The van der Waals surface area contributed by atoms with Gasteiger partial charge in [0.05, 0.1) is 0 Å². The van der Waals surface area contributed by atoms with Crippen LogP contribution in [0.15, 0.2) is 36.4 Å². The number of primary amides is 1. The Kier molecular flexibility index (Phi) is 7.10. The number of nitrogens with one attached hydrogen (secondary N) is 2. The fraction of sp³-hybridized carbons (Fsp3) is 0.353. The predicted molar refractivity (Wildman–Crippen MR) is 88.3 cm³/mol. The monoisotopic (exact) mass is 335 g/mol. The van der Waals surface area contributed by atoms with E-state index in [2.05, 4.69) is 17.2 Å². The van der Waals surface area contributed by atoms with Crippen molar-refractivity contribution in [3.05, 3.63) is 47.8 Å². The summed E-state index contributed by atoms with van der Waals surface area (Å²) in [5.74, 6) is -2.24. The van der Waals surface area contributed by atoms with E-state index in [0.717, 1.165) is 0 Å². The van der Waals surface area contributed by atoms with Gasteiger partial charge in [-0.15, -0.1) is 6.58 Å². The molecule has 0 fully saturated rings. The molecule has 2 atom stereocenters. The number of amides is 3. The molecule has 1 aromatic carbocycles. The minimum absolute atomic E-state index is 0.0450. The number of hydrogen-bond acceptors (Lipinski definition) is 3. The van der Waals surface area contributed by atoms with Gasteiger partial charge in [-0.3, -0.25) is 14.4 Å². The molecule has 0 aromatic heterocycles. The van der Waals surface area contributed by atoms with Crippen LogP contribution in [0.2, 0.25) is 0 Å². The van der Waals surface area contributed by atoms with Crippen molar-refractivity contribution in [2.45, 2.75) is 38.8 Å². The Morgan fingerprint density at radius 2 is 1.79 bits per heavy atom. The molecule has 0 saturated carbocycles. The molecular formula is C17H22FN3O3. The Morgan fingerprint density at radius 3 is 2.29 bits per heavy atom. The Balaban J connectivity index is 2.92. The summed E-state index contributed by atoms with van der Waals surface area (Å²) in [6.07, 6.45) is 0.143. The number of hydrogen-bond donors (Lipinski definition) is 3. The van der Waals surface area contributed by atoms with Crippen molar-refractivity contribution in [3.8, 4) is 0 Å². The van der Waals surface area contributed by atoms with Crippen LogP contribution in [0.4, 0.5) is 4.39 Å². The van der Waals surface area contributed by atoms with E-state index >= 15 is 0 Å². The lowest BCUT2D eigenvalue weighted by Gasteiger charge is -2.22. The van der Waals surface area contributed by atoms with Gasteiger partial charge in [-0.05, 0) is 25.0 Å². The van der Waals surface area contributed by atoms with Crippen LogP contribution >= 0.6 is 0 Å². The molecule has 0 saturated heterocycles. The molecule has 1 rings (SSSR count). The van der Waals surface area contributed by atoms with Gasteiger partial charge < -0.3 is 16.4 Å². The van der Waals surface area contributed by atoms with E-state index in [9.17, 15) is 18.8 Å². The quantitative estimate of drug-likeness (QED) is 0.613. The summed E-state index contributed by atoms with van der Waals surface area (Å²) in [5.41, 5.74) is 6.22. The smallest absolute Gasteiger partial charge is 0.243 e. The van der Waals surface area contributed by atoms with Gasteiger partial charge in [0.25, 0.3) is 0 Å². The average Bonchev–Trinajstić information content (AvgIpc) is 2.47. The van der Waals surface area contributed by atoms with Crippen LogP contribution in [0.3, 0.4) is 0 Å². The Hall–Kier alpha value is -2.70. The third-order valence-corrected chi connectivity index (χ3v) is 3.29. The Bertz CT molecular complexity index is 646. The first kappa shape index (κ1) is 19.3. The first-order valence-corrected chi connectivity index (χ1v) is 7.45. The largest absolute Gasteiger partial charge is 0.368 e. The number of nitrogens with two attached hydrogens (primary N) is 1. The van der Waals surface area contributed by atoms with Crippen LogP contribution in [-0.4, -0.2) is 29.8 Å². The number of carbonyl (C=O) groups is 3. The summed E-state index contributed by atoms with van der Waals surface area (Å²) in [6.45, 7) is 6.63. The van der Waals surface area contributed by atoms with E-state index in [0.29, 0.717) is 5.57 Å². The lowest BCUT2D eigenvalue weighted by atomic mass is 10.0. The second-order valence-corrected chi connectivity index (χ2v) is 5.67. The van der Waals surface area contributed by atoms with Gasteiger partial charge >= 0.3 is 0 Å². The normalized spacial score (nSPS) is 12.8. The summed E-state index contributed by atoms with van der Waals surface area (Å²) in [5, 5.41) is 4.94. The molecule has 0 aliphatic carbocycles. The van der Waals surface area contributed by atoms with E-state index < -0.39 is 35.6 Å². The molecule has 0 radical (unpaired) electrons. The van der Waals surface area contributed by atoms with Crippen molar-refractivity contribution in [2.75, 3.05) is 0 Å². The van der Waals surface area contributed by atoms with Gasteiger partial charge in [-0.25, -0.2) is 4.39 Å². The zero-order valence-corrected chi connectivity index (χ0v) is 13.8. The van der Waals surface area contributed by atoms with Crippen molar-refractivity contribution in [3.63, 3.8) is 0 Å². The molecule has 3 amide bonds. The van der Waals surface area contributed by atoms with E-state index in [-0.39, 0.29) is 18.4 Å². The maximum Gasteiger partial charge on any atom is 0.243 e. The van der Waals surface area contributed by atoms with Crippen LogP contribution in [0.5, 0.6) is 0 Å². The van der Waals surface area contributed by atoms with Gasteiger partial charge in [-0.1, -0.05) is 23.8 Å². The van der Waals surface area contributed by atoms with Gasteiger partial charge in [-0.2, -0.15) is 0 Å². The summed E-state index contributed by atoms with van der Waals surface area (Å²) < 4.78 is 13.8. The molecule has 130 valence electrons. The van der Waals surface area contributed by atoms with Gasteiger partial charge in [0.15, 0.2) is 0 Å². The number of carbonyl (C=O) groups excluding carboxylic acids is 3. The maximum atomic E-state index is 13.8. The number of halogens is 1. The summed E-state index contributed by atoms with van der Waals surface area (Å²) in [6, 6.07) is 4.00. The van der Waals surface area contributed by atoms with Gasteiger partial charge in [0.2, 0.25) is 17.7 Å². The van der Waals surface area contributed by atoms with Crippen molar-refractivity contribution >= 4 is 17.7 Å². The van der Waals surface area contributed by atoms with Gasteiger partial charge in [0.1, 0.15) is 17.9 Å². The zero-order valence-electron chi connectivity index (χ0n) is 13.8. The first-order chi connectivity index (χ1) is 11.2. The second-order valence-electron chi connectivity index (χ2n) is 5.67. The minimum Gasteiger partial charge on any atom is -0.368 e. The van der Waals surface area contributed by atoms with Crippen LogP contribution in [-0.2, 0) is 20.8 Å². The molecule has 0 heterocycles. The molecule has 0 unspecified atom stereocenters. The highest BCUT2D eigenvalue weighted by Gasteiger charge is 2.25. The zero-order chi connectivity index (χ0) is 18.3. The molecule has 24 heavy (non-hydrogen) atoms. The fourth-order valence-electron chi connectivity index (χ4n) is 2.18. The van der Waals surface area contributed by atoms with Crippen LogP contribution in [0, 0.1) is 5.82 Å². The van der Waals surface area contributed by atoms with E-state index in [1.54, 1.807) is 13.0 Å². The molecule has 7 heteroatoms. The highest BCUT2D eigenvalue weighted by molar-refractivity contribution is 5.91. The lowest BCUT2D eigenvalue weighted by molar-refractivity contribution is -0.130. The third kappa shape index (κ3) is 6.20. The summed E-state index contributed by atoms with van der Waals surface area (Å²) >= 11 is 0. The predicted octanol–water partition coefficient (Wildman–Crippen LogP) is 0.809. The molecule has 0 aliphatic heterocycles. The van der Waals surface area contributed by atoms with Crippen LogP contribution < -0.4 is 16.4 Å². The fourth-order valence-corrected chi connectivity index (χ4v) is 2.18. The standard InChI is InChI=1S/C17H22FN3O3/c1-10(2)8-14(16(19)23)21-17(24)15(20-11(3)22)9-12-6-4-5-7-13(12)18/h4-7,14-15H,1,8-9H2,2-3H3,(H2,19,23)(H,20,22)(H,21,24)/t14-,15+/m1/s1. The second kappa shape index (κ2) is 8.81. The minimum atomic E-state index is -1.02. The number of benzene rings is 1. The van der Waals surface area contributed by atoms with Crippen molar-refractivity contribution in [2.24, 2.45) is 5.73 Å². The van der Waals surface area contributed by atoms with E-state index in [1.165, 1.54) is 25.1 Å². The maximum absolute atomic E-state index is 13.8. The first-order valence-electron chi connectivity index (χ1n) is 7.45.